The molecule has 0 aliphatic carbocycles. The molecule has 0 heterocycles. The number of nitrogens with two attached hydrogens (primary N) is 1. The van der Waals surface area contributed by atoms with Gasteiger partial charge in [-0.05, 0) is 12.0 Å². The van der Waals surface area contributed by atoms with Gasteiger partial charge in [0.2, 0.25) is 0 Å². The van der Waals surface area contributed by atoms with E-state index in [9.17, 15) is 0 Å². The number of aliphatic hydroxyl groups excluding tert-OH is 1. The van der Waals surface area contributed by atoms with Crippen LogP contribution < -0.4 is 5.73 Å². The summed E-state index contributed by atoms with van der Waals surface area (Å²) in [6.07, 6.45) is 5.83. The molecular formula is C8H13NO. The Bertz CT molecular complexity index is 161. The summed E-state index contributed by atoms with van der Waals surface area (Å²) in [4.78, 5) is 0. The minimum absolute atomic E-state index is 0.157. The highest BCUT2D eigenvalue weighted by atomic mass is 16.3. The van der Waals surface area contributed by atoms with Gasteiger partial charge in [-0.25, -0.2) is 0 Å². The first-order valence-corrected chi connectivity index (χ1v) is 3.18. The van der Waals surface area contributed by atoms with Crippen molar-refractivity contribution in [1.82, 2.24) is 0 Å². The molecule has 0 unspecified atom stereocenters. The summed E-state index contributed by atoms with van der Waals surface area (Å²) in [5, 5.41) is 8.64. The monoisotopic (exact) mass is 139 g/mol. The SMILES string of the molecule is C=C/C=C(\C=C(/N)O)CC. The van der Waals surface area contributed by atoms with Crippen molar-refractivity contribution in [3.05, 3.63) is 36.3 Å². The highest BCUT2D eigenvalue weighted by Crippen LogP contribution is 2.02. The Morgan fingerprint density at radius 2 is 2.30 bits per heavy atom. The first-order valence-electron chi connectivity index (χ1n) is 3.18. The molecule has 0 atom stereocenters. The van der Waals surface area contributed by atoms with Crippen LogP contribution in [0.5, 0.6) is 0 Å². The lowest BCUT2D eigenvalue weighted by Crippen LogP contribution is -1.94. The minimum Gasteiger partial charge on any atom is -0.495 e. The molecular weight excluding hydrogens is 126 g/mol. The average Bonchev–Trinajstić information content (AvgIpc) is 1.86. The molecule has 3 N–H and O–H groups in total. The summed E-state index contributed by atoms with van der Waals surface area (Å²) in [5.74, 6) is -0.157. The largest absolute Gasteiger partial charge is 0.495 e. The smallest absolute Gasteiger partial charge is 0.181 e. The van der Waals surface area contributed by atoms with Gasteiger partial charge in [0.05, 0.1) is 0 Å². The summed E-state index contributed by atoms with van der Waals surface area (Å²) in [6.45, 7) is 5.51. The average molecular weight is 139 g/mol. The van der Waals surface area contributed by atoms with E-state index < -0.39 is 0 Å². The third-order valence-corrected chi connectivity index (χ3v) is 1.07. The van der Waals surface area contributed by atoms with E-state index in [2.05, 4.69) is 6.58 Å². The summed E-state index contributed by atoms with van der Waals surface area (Å²) in [7, 11) is 0. The standard InChI is InChI=1S/C8H13NO/c1-3-5-7(4-2)6-8(9)10/h3,5-6,10H,1,4,9H2,2H3/b7-5-,8-6+. The number of rotatable bonds is 3. The van der Waals surface area contributed by atoms with E-state index in [0.717, 1.165) is 12.0 Å². The van der Waals surface area contributed by atoms with Crippen LogP contribution in [0.3, 0.4) is 0 Å². The van der Waals surface area contributed by atoms with Crippen LogP contribution in [0.15, 0.2) is 36.3 Å². The van der Waals surface area contributed by atoms with Crippen LogP contribution in [0.25, 0.3) is 0 Å². The van der Waals surface area contributed by atoms with Gasteiger partial charge < -0.3 is 10.8 Å². The lowest BCUT2D eigenvalue weighted by molar-refractivity contribution is 0.405. The molecule has 0 aromatic heterocycles. The van der Waals surface area contributed by atoms with Gasteiger partial charge in [-0.15, -0.1) is 0 Å². The number of aliphatic hydroxyl groups is 1. The summed E-state index contributed by atoms with van der Waals surface area (Å²) < 4.78 is 0. The molecule has 0 aromatic rings. The maximum Gasteiger partial charge on any atom is 0.181 e. The van der Waals surface area contributed by atoms with Gasteiger partial charge in [-0.2, -0.15) is 0 Å². The van der Waals surface area contributed by atoms with Crippen LogP contribution in [0.2, 0.25) is 0 Å². The predicted molar refractivity (Wildman–Crippen MR) is 43.5 cm³/mol. The molecule has 0 aromatic carbocycles. The summed E-state index contributed by atoms with van der Waals surface area (Å²) >= 11 is 0. The first kappa shape index (κ1) is 8.82. The molecule has 0 rings (SSSR count). The van der Waals surface area contributed by atoms with Crippen molar-refractivity contribution in [1.29, 1.82) is 0 Å². The van der Waals surface area contributed by atoms with Crippen molar-refractivity contribution in [2.24, 2.45) is 5.73 Å². The number of hydrogen-bond donors (Lipinski definition) is 2. The fourth-order valence-electron chi connectivity index (χ4n) is 0.609. The van der Waals surface area contributed by atoms with Gasteiger partial charge in [0.15, 0.2) is 5.88 Å². The quantitative estimate of drug-likeness (QED) is 0.463. The maximum atomic E-state index is 8.64. The Kier molecular flexibility index (Phi) is 4.12. The summed E-state index contributed by atoms with van der Waals surface area (Å²) in [6, 6.07) is 0. The van der Waals surface area contributed by atoms with E-state index in [0.29, 0.717) is 0 Å². The zero-order chi connectivity index (χ0) is 7.98. The second kappa shape index (κ2) is 4.68. The molecule has 0 aliphatic heterocycles. The van der Waals surface area contributed by atoms with E-state index in [4.69, 9.17) is 10.8 Å². The Hall–Kier alpha value is -1.18. The lowest BCUT2D eigenvalue weighted by atomic mass is 10.2. The van der Waals surface area contributed by atoms with Gasteiger partial charge in [-0.3, -0.25) is 0 Å². The number of hydrogen-bond acceptors (Lipinski definition) is 2. The van der Waals surface area contributed by atoms with Crippen LogP contribution in [0.4, 0.5) is 0 Å². The second-order valence-electron chi connectivity index (χ2n) is 1.90. The molecule has 56 valence electrons. The molecule has 0 saturated heterocycles. The van der Waals surface area contributed by atoms with Crippen LogP contribution in [0, 0.1) is 0 Å². The van der Waals surface area contributed by atoms with E-state index in [1.165, 1.54) is 6.08 Å². The fraction of sp³-hybridized carbons (Fsp3) is 0.250. The Balaban J connectivity index is 4.22. The van der Waals surface area contributed by atoms with Crippen molar-refractivity contribution >= 4 is 0 Å². The van der Waals surface area contributed by atoms with E-state index in [1.54, 1.807) is 6.08 Å². The summed E-state index contributed by atoms with van der Waals surface area (Å²) in [5.41, 5.74) is 6.01. The maximum absolute atomic E-state index is 8.64. The van der Waals surface area contributed by atoms with Crippen LogP contribution in [-0.4, -0.2) is 5.11 Å². The molecule has 0 bridgehead atoms. The van der Waals surface area contributed by atoms with E-state index >= 15 is 0 Å². The molecule has 2 heteroatoms. The van der Waals surface area contributed by atoms with Gasteiger partial charge in [0.1, 0.15) is 0 Å². The second-order valence-corrected chi connectivity index (χ2v) is 1.90. The molecule has 0 aliphatic rings. The van der Waals surface area contributed by atoms with Crippen molar-refractivity contribution in [2.75, 3.05) is 0 Å². The van der Waals surface area contributed by atoms with Crippen LogP contribution in [0.1, 0.15) is 13.3 Å². The Morgan fingerprint density at radius 3 is 2.60 bits per heavy atom. The van der Waals surface area contributed by atoms with Crippen LogP contribution in [-0.2, 0) is 0 Å². The van der Waals surface area contributed by atoms with Crippen molar-refractivity contribution in [3.63, 3.8) is 0 Å². The number of allylic oxidation sites excluding steroid dienone is 4. The molecule has 2 nitrogen and oxygen atoms in total. The fourth-order valence-corrected chi connectivity index (χ4v) is 0.609. The highest BCUT2D eigenvalue weighted by molar-refractivity contribution is 5.23. The molecule has 0 radical (unpaired) electrons. The van der Waals surface area contributed by atoms with Crippen molar-refractivity contribution < 1.29 is 5.11 Å². The van der Waals surface area contributed by atoms with Gasteiger partial charge in [0.25, 0.3) is 0 Å². The van der Waals surface area contributed by atoms with Gasteiger partial charge in [0, 0.05) is 6.08 Å². The molecule has 0 fully saturated rings. The van der Waals surface area contributed by atoms with Gasteiger partial charge >= 0.3 is 0 Å². The van der Waals surface area contributed by atoms with Crippen molar-refractivity contribution in [2.45, 2.75) is 13.3 Å². The Labute approximate surface area is 61.4 Å². The molecule has 0 spiro atoms. The van der Waals surface area contributed by atoms with Crippen LogP contribution >= 0.6 is 0 Å². The topological polar surface area (TPSA) is 46.2 Å². The van der Waals surface area contributed by atoms with E-state index in [-0.39, 0.29) is 5.88 Å². The molecule has 0 amide bonds. The zero-order valence-electron chi connectivity index (χ0n) is 6.17. The Morgan fingerprint density at radius 1 is 1.70 bits per heavy atom. The van der Waals surface area contributed by atoms with E-state index in [1.807, 2.05) is 13.0 Å². The van der Waals surface area contributed by atoms with Crippen molar-refractivity contribution in [3.8, 4) is 0 Å². The highest BCUT2D eigenvalue weighted by Gasteiger charge is 1.87. The molecule has 10 heavy (non-hydrogen) atoms. The molecule has 0 saturated carbocycles. The van der Waals surface area contributed by atoms with Gasteiger partial charge in [-0.1, -0.05) is 25.7 Å². The zero-order valence-corrected chi connectivity index (χ0v) is 6.17. The third-order valence-electron chi connectivity index (χ3n) is 1.07. The lowest BCUT2D eigenvalue weighted by Gasteiger charge is -1.94. The predicted octanol–water partition coefficient (Wildman–Crippen LogP) is 1.87. The minimum atomic E-state index is -0.157. The third kappa shape index (κ3) is 3.78. The normalized spacial score (nSPS) is 13.3. The first-order chi connectivity index (χ1) is 4.70.